The van der Waals surface area contributed by atoms with Crippen molar-refractivity contribution >= 4 is 0 Å². The van der Waals surface area contributed by atoms with E-state index in [0.717, 1.165) is 12.8 Å². The highest BCUT2D eigenvalue weighted by molar-refractivity contribution is 5.22. The number of halogens is 1. The molecule has 0 radical (unpaired) electrons. The lowest BCUT2D eigenvalue weighted by molar-refractivity contribution is -0.0219. The molecule has 0 aliphatic carbocycles. The molecular formula is C13H18FNO2. The molecule has 1 aliphatic heterocycles. The maximum absolute atomic E-state index is 12.7. The van der Waals surface area contributed by atoms with Gasteiger partial charge in [0.15, 0.2) is 0 Å². The quantitative estimate of drug-likeness (QED) is 0.873. The van der Waals surface area contributed by atoms with Crippen molar-refractivity contribution in [1.29, 1.82) is 0 Å². The lowest BCUT2D eigenvalue weighted by Gasteiger charge is -2.28. The zero-order chi connectivity index (χ0) is 12.1. The maximum atomic E-state index is 12.7. The maximum Gasteiger partial charge on any atom is 0.123 e. The molecule has 0 spiro atoms. The minimum absolute atomic E-state index is 0.206. The van der Waals surface area contributed by atoms with E-state index in [0.29, 0.717) is 31.4 Å². The fourth-order valence-corrected chi connectivity index (χ4v) is 1.92. The first-order valence-corrected chi connectivity index (χ1v) is 5.98. The van der Waals surface area contributed by atoms with Gasteiger partial charge in [0.1, 0.15) is 11.6 Å². The average molecular weight is 239 g/mol. The second-order valence-corrected chi connectivity index (χ2v) is 4.40. The summed E-state index contributed by atoms with van der Waals surface area (Å²) in [5.41, 5.74) is 5.54. The molecule has 2 atom stereocenters. The Bertz CT molecular complexity index is 334. The van der Waals surface area contributed by atoms with Crippen molar-refractivity contribution in [2.75, 3.05) is 19.8 Å². The minimum Gasteiger partial charge on any atom is -0.493 e. The van der Waals surface area contributed by atoms with Gasteiger partial charge in [-0.15, -0.1) is 0 Å². The molecule has 1 saturated heterocycles. The third kappa shape index (κ3) is 3.68. The van der Waals surface area contributed by atoms with Crippen LogP contribution in [0.5, 0.6) is 5.75 Å². The number of benzene rings is 1. The second kappa shape index (κ2) is 5.98. The molecule has 1 aromatic rings. The summed E-state index contributed by atoms with van der Waals surface area (Å²) in [6.45, 7) is 1.90. The molecule has 2 N–H and O–H groups in total. The van der Waals surface area contributed by atoms with E-state index >= 15 is 0 Å². The van der Waals surface area contributed by atoms with E-state index < -0.39 is 0 Å². The van der Waals surface area contributed by atoms with Gasteiger partial charge in [-0.2, -0.15) is 0 Å². The molecule has 0 aromatic heterocycles. The van der Waals surface area contributed by atoms with Gasteiger partial charge in [0.2, 0.25) is 0 Å². The summed E-state index contributed by atoms with van der Waals surface area (Å²) in [6.07, 6.45) is 2.27. The van der Waals surface area contributed by atoms with E-state index in [1.807, 2.05) is 0 Å². The molecule has 1 aromatic carbocycles. The van der Waals surface area contributed by atoms with Crippen LogP contribution in [0.3, 0.4) is 0 Å². The molecule has 2 rings (SSSR count). The number of ether oxygens (including phenoxy) is 2. The highest BCUT2D eigenvalue weighted by Gasteiger charge is 2.21. The summed E-state index contributed by atoms with van der Waals surface area (Å²) < 4.78 is 23.8. The topological polar surface area (TPSA) is 44.5 Å². The first-order chi connectivity index (χ1) is 8.28. The highest BCUT2D eigenvalue weighted by atomic mass is 19.1. The van der Waals surface area contributed by atoms with Crippen molar-refractivity contribution in [3.05, 3.63) is 30.1 Å². The Kier molecular flexibility index (Phi) is 4.34. The van der Waals surface area contributed by atoms with Crippen LogP contribution in [-0.4, -0.2) is 25.9 Å². The second-order valence-electron chi connectivity index (χ2n) is 4.40. The van der Waals surface area contributed by atoms with Gasteiger partial charge in [0.05, 0.1) is 19.3 Å². The zero-order valence-electron chi connectivity index (χ0n) is 9.77. The van der Waals surface area contributed by atoms with Crippen molar-refractivity contribution in [3.63, 3.8) is 0 Å². The van der Waals surface area contributed by atoms with Gasteiger partial charge in [-0.3, -0.25) is 0 Å². The molecule has 0 bridgehead atoms. The van der Waals surface area contributed by atoms with Crippen LogP contribution in [0.15, 0.2) is 24.3 Å². The fourth-order valence-electron chi connectivity index (χ4n) is 1.92. The van der Waals surface area contributed by atoms with Crippen molar-refractivity contribution in [3.8, 4) is 5.75 Å². The van der Waals surface area contributed by atoms with Gasteiger partial charge in [-0.05, 0) is 37.1 Å². The Balaban J connectivity index is 1.74. The molecular weight excluding hydrogens is 221 g/mol. The van der Waals surface area contributed by atoms with Crippen LogP contribution >= 0.6 is 0 Å². The molecule has 94 valence electrons. The molecule has 1 fully saturated rings. The van der Waals surface area contributed by atoms with Crippen molar-refractivity contribution < 1.29 is 13.9 Å². The SMILES string of the molecule is NC[C@@H]1CC[C@H](COc2ccc(F)cc2)CO1. The van der Waals surface area contributed by atoms with Crippen molar-refractivity contribution in [1.82, 2.24) is 0 Å². The number of hydrogen-bond donors (Lipinski definition) is 1. The van der Waals surface area contributed by atoms with Crippen LogP contribution in [0.4, 0.5) is 4.39 Å². The number of nitrogens with two attached hydrogens (primary N) is 1. The smallest absolute Gasteiger partial charge is 0.123 e. The summed E-state index contributed by atoms with van der Waals surface area (Å²) in [7, 11) is 0. The van der Waals surface area contributed by atoms with E-state index in [-0.39, 0.29) is 11.9 Å². The van der Waals surface area contributed by atoms with Crippen molar-refractivity contribution in [2.24, 2.45) is 11.7 Å². The number of hydrogen-bond acceptors (Lipinski definition) is 3. The van der Waals surface area contributed by atoms with E-state index in [4.69, 9.17) is 15.2 Å². The summed E-state index contributed by atoms with van der Waals surface area (Å²) >= 11 is 0. The van der Waals surface area contributed by atoms with Gasteiger partial charge >= 0.3 is 0 Å². The first kappa shape index (κ1) is 12.3. The summed E-state index contributed by atoms with van der Waals surface area (Å²) in [5.74, 6) is 0.860. The van der Waals surface area contributed by atoms with E-state index in [9.17, 15) is 4.39 Å². The predicted octanol–water partition coefficient (Wildman–Crippen LogP) is 1.96. The zero-order valence-corrected chi connectivity index (χ0v) is 9.77. The van der Waals surface area contributed by atoms with Crippen LogP contribution in [0, 0.1) is 11.7 Å². The standard InChI is InChI=1S/C13H18FNO2/c14-11-2-5-12(6-3-11)16-8-10-1-4-13(7-15)17-9-10/h2-3,5-6,10,13H,1,4,7-9,15H2/t10-,13+/m1/s1. The summed E-state index contributed by atoms with van der Waals surface area (Å²) in [6, 6.07) is 6.08. The third-order valence-corrected chi connectivity index (χ3v) is 3.03. The predicted molar refractivity (Wildman–Crippen MR) is 63.4 cm³/mol. The Hall–Kier alpha value is -1.13. The average Bonchev–Trinajstić information content (AvgIpc) is 2.39. The molecule has 0 saturated carbocycles. The molecule has 4 heteroatoms. The largest absolute Gasteiger partial charge is 0.493 e. The third-order valence-electron chi connectivity index (χ3n) is 3.03. The monoisotopic (exact) mass is 239 g/mol. The Morgan fingerprint density at radius 2 is 2.06 bits per heavy atom. The van der Waals surface area contributed by atoms with Crippen LogP contribution in [-0.2, 0) is 4.74 Å². The van der Waals surface area contributed by atoms with Crippen LogP contribution < -0.4 is 10.5 Å². The van der Waals surface area contributed by atoms with Gasteiger partial charge < -0.3 is 15.2 Å². The number of rotatable bonds is 4. The van der Waals surface area contributed by atoms with Crippen LogP contribution in [0.25, 0.3) is 0 Å². The van der Waals surface area contributed by atoms with E-state index in [2.05, 4.69) is 0 Å². The fraction of sp³-hybridized carbons (Fsp3) is 0.538. The minimum atomic E-state index is -0.246. The van der Waals surface area contributed by atoms with Gasteiger partial charge in [-0.1, -0.05) is 0 Å². The molecule has 1 heterocycles. The van der Waals surface area contributed by atoms with Gasteiger partial charge in [-0.25, -0.2) is 4.39 Å². The normalized spacial score (nSPS) is 24.6. The first-order valence-electron chi connectivity index (χ1n) is 5.98. The summed E-state index contributed by atoms with van der Waals surface area (Å²) in [4.78, 5) is 0. The molecule has 3 nitrogen and oxygen atoms in total. The van der Waals surface area contributed by atoms with Gasteiger partial charge in [0, 0.05) is 12.5 Å². The highest BCUT2D eigenvalue weighted by Crippen LogP contribution is 2.20. The molecule has 0 amide bonds. The molecule has 1 aliphatic rings. The summed E-state index contributed by atoms with van der Waals surface area (Å²) in [5, 5.41) is 0. The Labute approximate surface area is 101 Å². The Morgan fingerprint density at radius 3 is 2.65 bits per heavy atom. The van der Waals surface area contributed by atoms with Crippen molar-refractivity contribution in [2.45, 2.75) is 18.9 Å². The van der Waals surface area contributed by atoms with Gasteiger partial charge in [0.25, 0.3) is 0 Å². The molecule has 17 heavy (non-hydrogen) atoms. The lowest BCUT2D eigenvalue weighted by atomic mass is 9.99. The van der Waals surface area contributed by atoms with E-state index in [1.54, 1.807) is 12.1 Å². The van der Waals surface area contributed by atoms with Crippen LogP contribution in [0.2, 0.25) is 0 Å². The molecule has 0 unspecified atom stereocenters. The van der Waals surface area contributed by atoms with Crippen LogP contribution in [0.1, 0.15) is 12.8 Å². The lowest BCUT2D eigenvalue weighted by Crippen LogP contribution is -2.33. The Morgan fingerprint density at radius 1 is 1.29 bits per heavy atom. The van der Waals surface area contributed by atoms with E-state index in [1.165, 1.54) is 12.1 Å².